The number of halogens is 4. The van der Waals surface area contributed by atoms with E-state index in [0.29, 0.717) is 47.8 Å². The summed E-state index contributed by atoms with van der Waals surface area (Å²) in [5, 5.41) is 3.74. The maximum atomic E-state index is 14.1. The summed E-state index contributed by atoms with van der Waals surface area (Å²) in [5.74, 6) is 0.190. The van der Waals surface area contributed by atoms with E-state index in [1.807, 2.05) is 30.3 Å². The number of methoxy groups -OCH3 is 2. The topological polar surface area (TPSA) is 72.2 Å². The first-order valence-corrected chi connectivity index (χ1v) is 12.1. The molecule has 8 nitrogen and oxygen atoms in total. The van der Waals surface area contributed by atoms with E-state index in [0.717, 1.165) is 11.8 Å². The van der Waals surface area contributed by atoms with Crippen LogP contribution in [0.25, 0.3) is 16.9 Å². The highest BCUT2D eigenvalue weighted by atomic mass is 35.5. The lowest BCUT2D eigenvalue weighted by Crippen LogP contribution is -2.49. The molecule has 0 saturated carbocycles. The maximum absolute atomic E-state index is 14.1. The van der Waals surface area contributed by atoms with Gasteiger partial charge in [0.1, 0.15) is 5.02 Å². The highest BCUT2D eigenvalue weighted by Crippen LogP contribution is 2.37. The van der Waals surface area contributed by atoms with Crippen LogP contribution < -0.4 is 14.4 Å². The molecule has 0 spiro atoms. The second-order valence-electron chi connectivity index (χ2n) is 8.61. The number of carbonyl (C=O) groups is 1. The number of benzene rings is 2. The summed E-state index contributed by atoms with van der Waals surface area (Å²) in [5.41, 5.74) is -0.282. The number of aromatic nitrogens is 3. The number of nitrogens with zero attached hydrogens (tertiary/aromatic N) is 5. The van der Waals surface area contributed by atoms with E-state index in [-0.39, 0.29) is 22.1 Å². The molecule has 0 unspecified atom stereocenters. The second-order valence-corrected chi connectivity index (χ2v) is 8.98. The first kappa shape index (κ1) is 25.7. The number of hydrogen-bond donors (Lipinski definition) is 0. The van der Waals surface area contributed by atoms with Gasteiger partial charge >= 0.3 is 6.18 Å². The number of hydrogen-bond acceptors (Lipinski definition) is 6. The number of ether oxygens (including phenoxy) is 2. The fraction of sp³-hybridized carbons (Fsp3) is 0.269. The lowest BCUT2D eigenvalue weighted by Gasteiger charge is -2.35. The van der Waals surface area contributed by atoms with Crippen molar-refractivity contribution in [1.29, 1.82) is 0 Å². The average Bonchev–Trinajstić information content (AvgIpc) is 3.27. The molecule has 12 heteroatoms. The minimum absolute atomic E-state index is 0.0111. The summed E-state index contributed by atoms with van der Waals surface area (Å²) in [6.45, 7) is 1.87. The van der Waals surface area contributed by atoms with Crippen molar-refractivity contribution in [2.45, 2.75) is 6.18 Å². The van der Waals surface area contributed by atoms with Crippen molar-refractivity contribution < 1.29 is 27.4 Å². The van der Waals surface area contributed by atoms with E-state index >= 15 is 0 Å². The fourth-order valence-electron chi connectivity index (χ4n) is 4.43. The Bertz CT molecular complexity index is 1490. The number of amides is 1. The Balaban J connectivity index is 1.50. The van der Waals surface area contributed by atoms with Crippen LogP contribution in [0.1, 0.15) is 16.2 Å². The molecule has 1 aliphatic heterocycles. The van der Waals surface area contributed by atoms with Gasteiger partial charge < -0.3 is 19.3 Å². The van der Waals surface area contributed by atoms with Gasteiger partial charge in [-0.05, 0) is 36.4 Å². The van der Waals surface area contributed by atoms with Gasteiger partial charge in [-0.25, -0.2) is 9.50 Å². The summed E-state index contributed by atoms with van der Waals surface area (Å²) in [6, 6.07) is 15.3. The molecule has 38 heavy (non-hydrogen) atoms. The van der Waals surface area contributed by atoms with Gasteiger partial charge in [-0.2, -0.15) is 18.3 Å². The van der Waals surface area contributed by atoms with Gasteiger partial charge in [0.25, 0.3) is 5.91 Å². The molecule has 5 rings (SSSR count). The molecule has 2 aromatic heterocycles. The monoisotopic (exact) mass is 545 g/mol. The number of para-hydroxylation sites is 1. The molecular weight excluding hydrogens is 523 g/mol. The number of carbonyl (C=O) groups excluding carboxylic acids is 1. The summed E-state index contributed by atoms with van der Waals surface area (Å²) >= 11 is 6.47. The standard InChI is InChI=1S/C26H23ClF3N5O3/c1-37-19-9-8-16(14-20(19)38-2)18-15-21(26(28,29)30)35-24(31-18)22(27)23(32-35)25(36)34-12-10-33(11-13-34)17-6-4-3-5-7-17/h3-9,14-15H,10-13H2,1-2H3. The molecule has 1 amide bonds. The van der Waals surface area contributed by atoms with E-state index in [1.165, 1.54) is 25.2 Å². The Morgan fingerprint density at radius 1 is 0.947 bits per heavy atom. The zero-order valence-electron chi connectivity index (χ0n) is 20.5. The molecular formula is C26H23ClF3N5O3. The smallest absolute Gasteiger partial charge is 0.433 e. The van der Waals surface area contributed by atoms with Crippen LogP contribution in [0.3, 0.4) is 0 Å². The minimum Gasteiger partial charge on any atom is -0.493 e. The number of fused-ring (bicyclic) bond motifs is 1. The van der Waals surface area contributed by atoms with Crippen LogP contribution in [0.15, 0.2) is 54.6 Å². The molecule has 1 aliphatic rings. The molecule has 198 valence electrons. The highest BCUT2D eigenvalue weighted by Gasteiger charge is 2.37. The third-order valence-corrected chi connectivity index (χ3v) is 6.74. The Morgan fingerprint density at radius 2 is 1.63 bits per heavy atom. The largest absolute Gasteiger partial charge is 0.493 e. The van der Waals surface area contributed by atoms with Crippen LogP contribution in [-0.4, -0.2) is 65.8 Å². The molecule has 1 fully saturated rings. The Kier molecular flexibility index (Phi) is 6.78. The van der Waals surface area contributed by atoms with Crippen LogP contribution in [0.5, 0.6) is 11.5 Å². The van der Waals surface area contributed by atoms with E-state index in [1.54, 1.807) is 12.1 Å². The van der Waals surface area contributed by atoms with E-state index < -0.39 is 17.8 Å². The molecule has 0 radical (unpaired) electrons. The lowest BCUT2D eigenvalue weighted by molar-refractivity contribution is -0.142. The van der Waals surface area contributed by atoms with Gasteiger partial charge in [0.2, 0.25) is 0 Å². The van der Waals surface area contributed by atoms with Gasteiger partial charge in [-0.15, -0.1) is 0 Å². The van der Waals surface area contributed by atoms with Gasteiger partial charge in [-0.1, -0.05) is 29.8 Å². The molecule has 0 aliphatic carbocycles. The van der Waals surface area contributed by atoms with E-state index in [4.69, 9.17) is 21.1 Å². The number of alkyl halides is 3. The number of rotatable bonds is 5. The molecule has 2 aromatic carbocycles. The third-order valence-electron chi connectivity index (χ3n) is 6.39. The molecule has 1 saturated heterocycles. The van der Waals surface area contributed by atoms with Crippen molar-refractivity contribution in [2.75, 3.05) is 45.3 Å². The van der Waals surface area contributed by atoms with Gasteiger partial charge in [0.15, 0.2) is 28.5 Å². The molecule has 0 bridgehead atoms. The van der Waals surface area contributed by atoms with Crippen molar-refractivity contribution in [3.05, 3.63) is 71.0 Å². The number of anilines is 1. The lowest BCUT2D eigenvalue weighted by atomic mass is 10.1. The predicted octanol–water partition coefficient (Wildman–Crippen LogP) is 5.05. The quantitative estimate of drug-likeness (QED) is 0.350. The van der Waals surface area contributed by atoms with Crippen LogP contribution in [0.4, 0.5) is 18.9 Å². The SMILES string of the molecule is COc1ccc(-c2cc(C(F)(F)F)n3nc(C(=O)N4CCN(c5ccccc5)CC4)c(Cl)c3n2)cc1OC. The molecule has 3 heterocycles. The predicted molar refractivity (Wildman–Crippen MR) is 136 cm³/mol. The summed E-state index contributed by atoms with van der Waals surface area (Å²) < 4.78 is 53.4. The molecule has 0 atom stereocenters. The zero-order chi connectivity index (χ0) is 27.0. The van der Waals surface area contributed by atoms with Crippen molar-refractivity contribution in [2.24, 2.45) is 0 Å². The third kappa shape index (κ3) is 4.69. The van der Waals surface area contributed by atoms with E-state index in [2.05, 4.69) is 15.0 Å². The van der Waals surface area contributed by atoms with Crippen molar-refractivity contribution in [3.63, 3.8) is 0 Å². The van der Waals surface area contributed by atoms with Crippen LogP contribution in [0.2, 0.25) is 5.02 Å². The fourth-order valence-corrected chi connectivity index (χ4v) is 4.67. The molecule has 0 N–H and O–H groups in total. The normalized spacial score (nSPS) is 14.2. The summed E-state index contributed by atoms with van der Waals surface area (Å²) in [6.07, 6.45) is -4.79. The van der Waals surface area contributed by atoms with Crippen molar-refractivity contribution in [3.8, 4) is 22.8 Å². The van der Waals surface area contributed by atoms with Crippen LogP contribution >= 0.6 is 11.6 Å². The maximum Gasteiger partial charge on any atom is 0.433 e. The van der Waals surface area contributed by atoms with E-state index in [9.17, 15) is 18.0 Å². The van der Waals surface area contributed by atoms with Gasteiger partial charge in [0.05, 0.1) is 19.9 Å². The number of piperazine rings is 1. The highest BCUT2D eigenvalue weighted by molar-refractivity contribution is 6.36. The average molecular weight is 546 g/mol. The summed E-state index contributed by atoms with van der Waals surface area (Å²) in [4.78, 5) is 21.3. The van der Waals surface area contributed by atoms with Crippen LogP contribution in [-0.2, 0) is 6.18 Å². The zero-order valence-corrected chi connectivity index (χ0v) is 21.3. The first-order valence-electron chi connectivity index (χ1n) is 11.7. The van der Waals surface area contributed by atoms with Gasteiger partial charge in [-0.3, -0.25) is 4.79 Å². The second kappa shape index (κ2) is 10.1. The first-order chi connectivity index (χ1) is 18.2. The molecule has 4 aromatic rings. The van der Waals surface area contributed by atoms with Crippen LogP contribution in [0, 0.1) is 0 Å². The Labute approximate surface area is 221 Å². The summed E-state index contributed by atoms with van der Waals surface area (Å²) in [7, 11) is 2.88. The Hall–Kier alpha value is -3.99. The Morgan fingerprint density at radius 3 is 2.26 bits per heavy atom. The minimum atomic E-state index is -4.79. The van der Waals surface area contributed by atoms with Gasteiger partial charge in [0, 0.05) is 37.4 Å². The van der Waals surface area contributed by atoms with Crippen molar-refractivity contribution in [1.82, 2.24) is 19.5 Å². The van der Waals surface area contributed by atoms with Crippen molar-refractivity contribution >= 4 is 28.8 Å².